The number of hydrogen-bond donors (Lipinski definition) is 3. The number of fused-ring (bicyclic) bond motifs is 2. The summed E-state index contributed by atoms with van der Waals surface area (Å²) in [5, 5.41) is 12.6. The second-order valence-electron chi connectivity index (χ2n) is 17.6. The van der Waals surface area contributed by atoms with Crippen molar-refractivity contribution in [2.24, 2.45) is 16.7 Å². The first kappa shape index (κ1) is 40.3. The van der Waals surface area contributed by atoms with Crippen LogP contribution in [-0.2, 0) is 43.9 Å². The van der Waals surface area contributed by atoms with E-state index in [1.165, 1.54) is 19.3 Å². The first-order chi connectivity index (χ1) is 26.7. The standard InChI is InChI=1S/C46H57N3O6S/c1-31-11-21-39(22-12-31)56(52,53)48-40(23-33-9-7-6-8-10-33)43(51)47-26-34-13-19-37(20-14-34)44-54-41(27-49-30-46(5)25-38(49)24-45(3,4)29-46)32(2)42(55-44)36-17-15-35(28-50)16-18-36/h6-22,32,38,40-42,44,48,50H,23-30H2,1-5H3,(H,47,51)/t32-,38?,40-,41+,42+,44+,46?/m1/s1. The van der Waals surface area contributed by atoms with Crippen LogP contribution in [0, 0.1) is 23.7 Å². The van der Waals surface area contributed by atoms with Crippen molar-refractivity contribution in [3.63, 3.8) is 0 Å². The fourth-order valence-electron chi connectivity index (χ4n) is 9.46. The summed E-state index contributed by atoms with van der Waals surface area (Å²) in [5.41, 5.74) is 6.10. The summed E-state index contributed by atoms with van der Waals surface area (Å²) in [6.07, 6.45) is 3.00. The van der Waals surface area contributed by atoms with Gasteiger partial charge in [-0.15, -0.1) is 0 Å². The Morgan fingerprint density at radius 2 is 1.52 bits per heavy atom. The predicted molar refractivity (Wildman–Crippen MR) is 218 cm³/mol. The summed E-state index contributed by atoms with van der Waals surface area (Å²) in [5.74, 6) is -0.322. The van der Waals surface area contributed by atoms with Crippen molar-refractivity contribution in [1.29, 1.82) is 0 Å². The topological polar surface area (TPSA) is 117 Å². The van der Waals surface area contributed by atoms with E-state index in [0.717, 1.165) is 46.5 Å². The minimum Gasteiger partial charge on any atom is -0.392 e. The van der Waals surface area contributed by atoms with Gasteiger partial charge in [0, 0.05) is 37.2 Å². The molecule has 7 rings (SSSR count). The number of ether oxygens (including phenoxy) is 2. The van der Waals surface area contributed by atoms with Crippen LogP contribution in [0.3, 0.4) is 0 Å². The van der Waals surface area contributed by atoms with Gasteiger partial charge in [-0.3, -0.25) is 9.69 Å². The number of nitrogens with zero attached hydrogens (tertiary/aromatic N) is 1. The second-order valence-corrected chi connectivity index (χ2v) is 19.3. The lowest BCUT2D eigenvalue weighted by molar-refractivity contribution is -0.276. The molecule has 0 radical (unpaired) electrons. The lowest BCUT2D eigenvalue weighted by Gasteiger charge is -2.43. The van der Waals surface area contributed by atoms with Crippen LogP contribution in [-0.4, -0.2) is 55.6 Å². The number of benzene rings is 4. The average molecular weight is 780 g/mol. The molecule has 1 aliphatic carbocycles. The molecular weight excluding hydrogens is 723 g/mol. The van der Waals surface area contributed by atoms with Gasteiger partial charge in [0.1, 0.15) is 6.04 Å². The van der Waals surface area contributed by atoms with Crippen molar-refractivity contribution in [3.05, 3.63) is 137 Å². The number of aryl methyl sites for hydroxylation is 1. The van der Waals surface area contributed by atoms with Gasteiger partial charge in [0.2, 0.25) is 15.9 Å². The van der Waals surface area contributed by atoms with Crippen LogP contribution in [0.15, 0.2) is 108 Å². The summed E-state index contributed by atoms with van der Waals surface area (Å²) in [7, 11) is -3.95. The molecule has 2 bridgehead atoms. The number of hydrogen-bond acceptors (Lipinski definition) is 7. The molecular formula is C46H57N3O6S. The number of nitrogens with one attached hydrogen (secondary N) is 2. The van der Waals surface area contributed by atoms with Gasteiger partial charge < -0.3 is 19.9 Å². The largest absolute Gasteiger partial charge is 0.392 e. The Kier molecular flexibility index (Phi) is 11.9. The molecule has 0 aromatic heterocycles. The molecule has 3 fully saturated rings. The third-order valence-electron chi connectivity index (χ3n) is 12.0. The van der Waals surface area contributed by atoms with E-state index in [1.54, 1.807) is 24.3 Å². The Hall–Kier alpha value is -3.90. The average Bonchev–Trinajstić information content (AvgIpc) is 3.41. The van der Waals surface area contributed by atoms with Crippen LogP contribution in [0.1, 0.15) is 92.7 Å². The molecule has 2 saturated heterocycles. The summed E-state index contributed by atoms with van der Waals surface area (Å²) in [4.78, 5) is 16.4. The van der Waals surface area contributed by atoms with E-state index in [-0.39, 0.29) is 42.6 Å². The maximum atomic E-state index is 13.6. The maximum Gasteiger partial charge on any atom is 0.241 e. The number of carbonyl (C=O) groups excluding carboxylic acids is 1. The third-order valence-corrected chi connectivity index (χ3v) is 13.5. The van der Waals surface area contributed by atoms with Crippen LogP contribution < -0.4 is 10.0 Å². The SMILES string of the molecule is Cc1ccc(S(=O)(=O)N[C@H](Cc2ccccc2)C(=O)NCc2ccc([C@H]3O[C@@H](CN4CC5(C)CC4CC(C)(C)C5)[C@@H](C)[C@@H](c4ccc(CO)cc4)O3)cc2)cc1. The Morgan fingerprint density at radius 3 is 2.20 bits per heavy atom. The number of amides is 1. The molecule has 3 N–H and O–H groups in total. The highest BCUT2D eigenvalue weighted by Gasteiger charge is 2.51. The van der Waals surface area contributed by atoms with E-state index in [0.29, 0.717) is 16.9 Å². The van der Waals surface area contributed by atoms with Gasteiger partial charge in [0.15, 0.2) is 6.29 Å². The van der Waals surface area contributed by atoms with Crippen molar-refractivity contribution in [3.8, 4) is 0 Å². The van der Waals surface area contributed by atoms with Gasteiger partial charge in [0.05, 0.1) is 23.7 Å². The highest BCUT2D eigenvalue weighted by molar-refractivity contribution is 7.89. The van der Waals surface area contributed by atoms with Crippen molar-refractivity contribution < 1.29 is 27.8 Å². The summed E-state index contributed by atoms with van der Waals surface area (Å²) in [6.45, 7) is 13.5. The highest BCUT2D eigenvalue weighted by atomic mass is 32.2. The minimum atomic E-state index is -3.95. The molecule has 4 aromatic rings. The van der Waals surface area contributed by atoms with E-state index in [9.17, 15) is 18.3 Å². The van der Waals surface area contributed by atoms with Crippen molar-refractivity contribution in [2.45, 2.75) is 109 Å². The quantitative estimate of drug-likeness (QED) is 0.130. The summed E-state index contributed by atoms with van der Waals surface area (Å²) < 4.78 is 43.0. The molecule has 1 saturated carbocycles. The highest BCUT2D eigenvalue weighted by Crippen LogP contribution is 2.53. The zero-order valence-electron chi connectivity index (χ0n) is 33.3. The molecule has 9 nitrogen and oxygen atoms in total. The Balaban J connectivity index is 1.06. The van der Waals surface area contributed by atoms with Crippen LogP contribution in [0.4, 0.5) is 0 Å². The van der Waals surface area contributed by atoms with Gasteiger partial charge in [-0.05, 0) is 77.8 Å². The third kappa shape index (κ3) is 9.44. The Labute approximate surface area is 332 Å². The monoisotopic (exact) mass is 779 g/mol. The number of aliphatic hydroxyl groups is 1. The van der Waals surface area contributed by atoms with E-state index >= 15 is 0 Å². The molecule has 298 valence electrons. The van der Waals surface area contributed by atoms with Crippen LogP contribution in [0.25, 0.3) is 0 Å². The van der Waals surface area contributed by atoms with E-state index < -0.39 is 28.3 Å². The zero-order chi connectivity index (χ0) is 39.7. The molecule has 2 aliphatic heterocycles. The molecule has 56 heavy (non-hydrogen) atoms. The zero-order valence-corrected chi connectivity index (χ0v) is 34.1. The number of rotatable bonds is 13. The summed E-state index contributed by atoms with van der Waals surface area (Å²) >= 11 is 0. The van der Waals surface area contributed by atoms with Gasteiger partial charge >= 0.3 is 0 Å². The normalized spacial score (nSPS) is 26.8. The molecule has 3 aliphatic rings. The second kappa shape index (κ2) is 16.5. The van der Waals surface area contributed by atoms with Gasteiger partial charge in [-0.1, -0.05) is 124 Å². The Morgan fingerprint density at radius 1 is 0.857 bits per heavy atom. The fraction of sp³-hybridized carbons (Fsp3) is 0.457. The number of carbonyl (C=O) groups is 1. The molecule has 7 atom stereocenters. The predicted octanol–water partition coefficient (Wildman–Crippen LogP) is 7.39. The van der Waals surface area contributed by atoms with Gasteiger partial charge in [-0.2, -0.15) is 4.72 Å². The van der Waals surface area contributed by atoms with Crippen LogP contribution in [0.5, 0.6) is 0 Å². The molecule has 4 aromatic carbocycles. The van der Waals surface area contributed by atoms with E-state index in [4.69, 9.17) is 9.47 Å². The van der Waals surface area contributed by atoms with Crippen LogP contribution >= 0.6 is 0 Å². The fourth-order valence-corrected chi connectivity index (χ4v) is 10.7. The van der Waals surface area contributed by atoms with Gasteiger partial charge in [-0.25, -0.2) is 8.42 Å². The smallest absolute Gasteiger partial charge is 0.241 e. The molecule has 2 heterocycles. The number of sulfonamides is 1. The van der Waals surface area contributed by atoms with E-state index in [2.05, 4.69) is 54.8 Å². The van der Waals surface area contributed by atoms with Gasteiger partial charge in [0.25, 0.3) is 0 Å². The van der Waals surface area contributed by atoms with Crippen LogP contribution in [0.2, 0.25) is 0 Å². The van der Waals surface area contributed by atoms with Crippen molar-refractivity contribution in [2.75, 3.05) is 13.1 Å². The summed E-state index contributed by atoms with van der Waals surface area (Å²) in [6, 6.07) is 31.4. The van der Waals surface area contributed by atoms with Crippen molar-refractivity contribution >= 4 is 15.9 Å². The molecule has 2 unspecified atom stereocenters. The minimum absolute atomic E-state index is 0.00922. The lowest BCUT2D eigenvalue weighted by atomic mass is 9.65. The number of likely N-dealkylation sites (tertiary alicyclic amines) is 1. The maximum absolute atomic E-state index is 13.6. The first-order valence-corrected chi connectivity index (χ1v) is 21.4. The first-order valence-electron chi connectivity index (χ1n) is 19.9. The molecule has 10 heteroatoms. The number of aliphatic hydroxyl groups excluding tert-OH is 1. The molecule has 0 spiro atoms. The Bertz CT molecular complexity index is 2060. The molecule has 1 amide bonds. The lowest BCUT2D eigenvalue weighted by Crippen LogP contribution is -2.47. The van der Waals surface area contributed by atoms with E-state index in [1.807, 2.05) is 73.7 Å². The van der Waals surface area contributed by atoms with Crippen molar-refractivity contribution in [1.82, 2.24) is 14.9 Å².